The lowest BCUT2D eigenvalue weighted by Crippen LogP contribution is -2.45. The minimum Gasteiger partial charge on any atom is -0.496 e. The van der Waals surface area contributed by atoms with E-state index < -0.39 is 0 Å². The number of ether oxygens (including phenoxy) is 1. The summed E-state index contributed by atoms with van der Waals surface area (Å²) < 4.78 is 5.45. The van der Waals surface area contributed by atoms with Gasteiger partial charge in [-0.15, -0.1) is 0 Å². The van der Waals surface area contributed by atoms with Crippen LogP contribution in [0.1, 0.15) is 51.0 Å². The molecule has 2 aliphatic rings. The first-order chi connectivity index (χ1) is 10.2. The van der Waals surface area contributed by atoms with Crippen molar-refractivity contribution in [2.24, 2.45) is 5.92 Å². The summed E-state index contributed by atoms with van der Waals surface area (Å²) in [5.74, 6) is 1.63. The van der Waals surface area contributed by atoms with E-state index in [1.807, 2.05) is 24.3 Å². The molecule has 2 saturated carbocycles. The third kappa shape index (κ3) is 2.66. The van der Waals surface area contributed by atoms with E-state index >= 15 is 0 Å². The van der Waals surface area contributed by atoms with Gasteiger partial charge in [0.05, 0.1) is 12.5 Å². The lowest BCUT2D eigenvalue weighted by molar-refractivity contribution is -0.124. The molecule has 0 spiro atoms. The lowest BCUT2D eigenvalue weighted by atomic mass is 9.85. The summed E-state index contributed by atoms with van der Waals surface area (Å²) in [5.41, 5.74) is 0.706. The Kier molecular flexibility index (Phi) is 3.92. The zero-order valence-corrected chi connectivity index (χ0v) is 13.0. The predicted octanol–water partition coefficient (Wildman–Crippen LogP) is 3.42. The summed E-state index contributed by atoms with van der Waals surface area (Å²) in [5, 5.41) is 3.33. The van der Waals surface area contributed by atoms with Crippen LogP contribution in [-0.4, -0.2) is 19.1 Å². The SMILES string of the molecule is COc1ccccc1C1(C(=O)NC2CCCCC2C)CC1. The largest absolute Gasteiger partial charge is 0.496 e. The summed E-state index contributed by atoms with van der Waals surface area (Å²) in [6.07, 6.45) is 6.74. The fraction of sp³-hybridized carbons (Fsp3) is 0.611. The van der Waals surface area contributed by atoms with Gasteiger partial charge in [0, 0.05) is 11.6 Å². The standard InChI is InChI=1S/C18H25NO2/c1-13-7-3-5-9-15(13)19-17(20)18(11-12-18)14-8-4-6-10-16(14)21-2/h4,6,8,10,13,15H,3,5,7,9,11-12H2,1-2H3,(H,19,20). The highest BCUT2D eigenvalue weighted by atomic mass is 16.5. The van der Waals surface area contributed by atoms with Crippen molar-refractivity contribution >= 4 is 5.91 Å². The molecule has 2 unspecified atom stereocenters. The van der Waals surface area contributed by atoms with E-state index in [4.69, 9.17) is 4.74 Å². The number of para-hydroxylation sites is 1. The first-order valence-corrected chi connectivity index (χ1v) is 8.12. The quantitative estimate of drug-likeness (QED) is 0.921. The average Bonchev–Trinajstić information content (AvgIpc) is 3.31. The van der Waals surface area contributed by atoms with Crippen LogP contribution in [0.4, 0.5) is 0 Å². The van der Waals surface area contributed by atoms with E-state index in [-0.39, 0.29) is 11.3 Å². The molecule has 3 rings (SSSR count). The highest BCUT2D eigenvalue weighted by molar-refractivity contribution is 5.92. The molecular weight excluding hydrogens is 262 g/mol. The molecule has 3 heteroatoms. The molecule has 0 bridgehead atoms. The number of methoxy groups -OCH3 is 1. The Morgan fingerprint density at radius 2 is 1.95 bits per heavy atom. The number of hydrogen-bond donors (Lipinski definition) is 1. The van der Waals surface area contributed by atoms with Gasteiger partial charge < -0.3 is 10.1 Å². The Morgan fingerprint density at radius 3 is 2.62 bits per heavy atom. The number of nitrogens with one attached hydrogen (secondary N) is 1. The van der Waals surface area contributed by atoms with Crippen LogP contribution < -0.4 is 10.1 Å². The summed E-state index contributed by atoms with van der Waals surface area (Å²) in [4.78, 5) is 12.8. The monoisotopic (exact) mass is 287 g/mol. The van der Waals surface area contributed by atoms with E-state index in [0.717, 1.165) is 30.6 Å². The maximum Gasteiger partial charge on any atom is 0.231 e. The minimum absolute atomic E-state index is 0.200. The second-order valence-electron chi connectivity index (χ2n) is 6.62. The summed E-state index contributed by atoms with van der Waals surface area (Å²) in [7, 11) is 1.68. The van der Waals surface area contributed by atoms with Crippen LogP contribution in [0.15, 0.2) is 24.3 Å². The fourth-order valence-corrected chi connectivity index (χ4v) is 3.62. The molecule has 0 heterocycles. The lowest BCUT2D eigenvalue weighted by Gasteiger charge is -2.31. The molecule has 0 radical (unpaired) electrons. The maximum atomic E-state index is 12.8. The van der Waals surface area contributed by atoms with Gasteiger partial charge in [-0.05, 0) is 37.7 Å². The summed E-state index contributed by atoms with van der Waals surface area (Å²) in [6, 6.07) is 8.29. The molecule has 0 aliphatic heterocycles. The zero-order chi connectivity index (χ0) is 14.9. The molecule has 1 N–H and O–H groups in total. The number of rotatable bonds is 4. The van der Waals surface area contributed by atoms with Crippen LogP contribution in [0.2, 0.25) is 0 Å². The Morgan fingerprint density at radius 1 is 1.24 bits per heavy atom. The van der Waals surface area contributed by atoms with Crippen molar-refractivity contribution < 1.29 is 9.53 Å². The average molecular weight is 287 g/mol. The molecule has 0 saturated heterocycles. The molecular formula is C18H25NO2. The van der Waals surface area contributed by atoms with E-state index in [2.05, 4.69) is 12.2 Å². The van der Waals surface area contributed by atoms with Crippen molar-refractivity contribution in [3.63, 3.8) is 0 Å². The van der Waals surface area contributed by atoms with Gasteiger partial charge in [0.2, 0.25) is 5.91 Å². The van der Waals surface area contributed by atoms with Gasteiger partial charge in [-0.3, -0.25) is 4.79 Å². The Labute approximate surface area is 127 Å². The molecule has 2 aliphatic carbocycles. The Bertz CT molecular complexity index is 522. The van der Waals surface area contributed by atoms with Gasteiger partial charge in [0.1, 0.15) is 5.75 Å². The third-order valence-electron chi connectivity index (χ3n) is 5.24. The molecule has 1 aromatic rings. The molecule has 1 amide bonds. The van der Waals surface area contributed by atoms with Gasteiger partial charge in [0.25, 0.3) is 0 Å². The van der Waals surface area contributed by atoms with Crippen LogP contribution >= 0.6 is 0 Å². The Hall–Kier alpha value is -1.51. The second-order valence-corrected chi connectivity index (χ2v) is 6.62. The van der Waals surface area contributed by atoms with E-state index in [0.29, 0.717) is 12.0 Å². The van der Waals surface area contributed by atoms with E-state index in [1.54, 1.807) is 7.11 Å². The van der Waals surface area contributed by atoms with Crippen LogP contribution in [0.3, 0.4) is 0 Å². The number of hydrogen-bond acceptors (Lipinski definition) is 2. The summed E-state index contributed by atoms with van der Waals surface area (Å²) in [6.45, 7) is 2.26. The molecule has 3 nitrogen and oxygen atoms in total. The van der Waals surface area contributed by atoms with Crippen LogP contribution in [0.5, 0.6) is 5.75 Å². The zero-order valence-electron chi connectivity index (χ0n) is 13.0. The van der Waals surface area contributed by atoms with Gasteiger partial charge in [-0.25, -0.2) is 0 Å². The Balaban J connectivity index is 1.77. The highest BCUT2D eigenvalue weighted by Gasteiger charge is 2.53. The van der Waals surface area contributed by atoms with Crippen molar-refractivity contribution in [3.05, 3.63) is 29.8 Å². The van der Waals surface area contributed by atoms with Crippen LogP contribution in [0, 0.1) is 5.92 Å². The smallest absolute Gasteiger partial charge is 0.231 e. The first kappa shape index (κ1) is 14.4. The minimum atomic E-state index is -0.343. The number of carbonyl (C=O) groups is 1. The van der Waals surface area contributed by atoms with Crippen LogP contribution in [0.25, 0.3) is 0 Å². The van der Waals surface area contributed by atoms with Crippen molar-refractivity contribution in [3.8, 4) is 5.75 Å². The maximum absolute atomic E-state index is 12.8. The predicted molar refractivity (Wildman–Crippen MR) is 83.5 cm³/mol. The van der Waals surface area contributed by atoms with Gasteiger partial charge in [0.15, 0.2) is 0 Å². The van der Waals surface area contributed by atoms with Gasteiger partial charge in [-0.2, -0.15) is 0 Å². The normalized spacial score (nSPS) is 27.0. The van der Waals surface area contributed by atoms with Gasteiger partial charge in [-0.1, -0.05) is 38.0 Å². The second kappa shape index (κ2) is 5.70. The molecule has 2 atom stereocenters. The number of amides is 1. The molecule has 21 heavy (non-hydrogen) atoms. The molecule has 114 valence electrons. The highest BCUT2D eigenvalue weighted by Crippen LogP contribution is 2.51. The van der Waals surface area contributed by atoms with E-state index in [1.165, 1.54) is 19.3 Å². The van der Waals surface area contributed by atoms with Crippen molar-refractivity contribution in [2.45, 2.75) is 56.9 Å². The first-order valence-electron chi connectivity index (χ1n) is 8.12. The topological polar surface area (TPSA) is 38.3 Å². The summed E-state index contributed by atoms with van der Waals surface area (Å²) >= 11 is 0. The van der Waals surface area contributed by atoms with Crippen molar-refractivity contribution in [1.82, 2.24) is 5.32 Å². The van der Waals surface area contributed by atoms with Crippen molar-refractivity contribution in [1.29, 1.82) is 0 Å². The third-order valence-corrected chi connectivity index (χ3v) is 5.24. The molecule has 0 aromatic heterocycles. The molecule has 2 fully saturated rings. The number of carbonyl (C=O) groups excluding carboxylic acids is 1. The van der Waals surface area contributed by atoms with Crippen LogP contribution in [-0.2, 0) is 10.2 Å². The van der Waals surface area contributed by atoms with Crippen molar-refractivity contribution in [2.75, 3.05) is 7.11 Å². The van der Waals surface area contributed by atoms with Gasteiger partial charge >= 0.3 is 0 Å². The molecule has 1 aromatic carbocycles. The fourth-order valence-electron chi connectivity index (χ4n) is 3.62. The van der Waals surface area contributed by atoms with E-state index in [9.17, 15) is 4.79 Å². The number of benzene rings is 1.